The number of pyridine rings is 1. The number of aromatic amines is 1. The number of rotatable bonds is 6. The number of carboxylic acid groups (broad SMARTS) is 1. The molecule has 30 heavy (non-hydrogen) atoms. The van der Waals surface area contributed by atoms with Gasteiger partial charge in [-0.2, -0.15) is 0 Å². The maximum absolute atomic E-state index is 12.8. The minimum atomic E-state index is -1.09. The monoisotopic (exact) mass is 438 g/mol. The molecule has 0 aliphatic carbocycles. The highest BCUT2D eigenvalue weighted by atomic mass is 35.5. The molecule has 5 nitrogen and oxygen atoms in total. The molecular formula is C23H16Cl2N2O3. The number of aromatic nitrogens is 2. The van der Waals surface area contributed by atoms with Crippen LogP contribution in [0.3, 0.4) is 0 Å². The lowest BCUT2D eigenvalue weighted by Gasteiger charge is -2.12. The highest BCUT2D eigenvalue weighted by molar-refractivity contribution is 6.36. The van der Waals surface area contributed by atoms with Crippen LogP contribution < -0.4 is 0 Å². The number of carbonyl (C=O) groups excluding carboxylic acids is 1. The number of fused-ring (bicyclic) bond motifs is 1. The van der Waals surface area contributed by atoms with Crippen LogP contribution in [0.2, 0.25) is 10.0 Å². The molecule has 0 radical (unpaired) electrons. The Kier molecular flexibility index (Phi) is 5.57. The zero-order chi connectivity index (χ0) is 21.3. The molecule has 4 aromatic rings. The zero-order valence-electron chi connectivity index (χ0n) is 15.6. The minimum Gasteiger partial charge on any atom is -0.481 e. The van der Waals surface area contributed by atoms with Gasteiger partial charge < -0.3 is 10.1 Å². The molecular weight excluding hydrogens is 423 g/mol. The van der Waals surface area contributed by atoms with Gasteiger partial charge in [-0.05, 0) is 48.0 Å². The molecule has 2 heterocycles. The van der Waals surface area contributed by atoms with E-state index in [1.807, 2.05) is 36.4 Å². The van der Waals surface area contributed by atoms with E-state index < -0.39 is 11.9 Å². The van der Waals surface area contributed by atoms with Crippen molar-refractivity contribution in [3.63, 3.8) is 0 Å². The van der Waals surface area contributed by atoms with Gasteiger partial charge in [-0.15, -0.1) is 0 Å². The molecule has 0 spiro atoms. The molecule has 2 aromatic heterocycles. The van der Waals surface area contributed by atoms with E-state index in [9.17, 15) is 14.7 Å². The third kappa shape index (κ3) is 3.95. The van der Waals surface area contributed by atoms with Crippen molar-refractivity contribution >= 4 is 45.9 Å². The number of nitrogens with one attached hydrogen (secondary N) is 1. The Morgan fingerprint density at radius 1 is 1.07 bits per heavy atom. The largest absolute Gasteiger partial charge is 0.481 e. The first-order valence-electron chi connectivity index (χ1n) is 9.17. The van der Waals surface area contributed by atoms with Crippen LogP contribution in [0.15, 0.2) is 67.0 Å². The van der Waals surface area contributed by atoms with E-state index in [1.165, 1.54) is 12.1 Å². The smallest absolute Gasteiger partial charge is 0.311 e. The summed E-state index contributed by atoms with van der Waals surface area (Å²) >= 11 is 12.0. The highest BCUT2D eigenvalue weighted by Crippen LogP contribution is 2.33. The minimum absolute atomic E-state index is 0.202. The third-order valence-corrected chi connectivity index (χ3v) is 5.52. The average molecular weight is 439 g/mol. The van der Waals surface area contributed by atoms with Crippen LogP contribution in [0, 0.1) is 0 Å². The van der Waals surface area contributed by atoms with E-state index in [-0.39, 0.29) is 22.8 Å². The van der Waals surface area contributed by atoms with Crippen LogP contribution in [-0.4, -0.2) is 26.8 Å². The number of aliphatic carboxylic acids is 1. The van der Waals surface area contributed by atoms with Crippen LogP contribution in [0.4, 0.5) is 0 Å². The first-order chi connectivity index (χ1) is 14.4. The molecule has 0 bridgehead atoms. The van der Waals surface area contributed by atoms with Crippen molar-refractivity contribution in [3.8, 4) is 11.3 Å². The maximum atomic E-state index is 12.8. The SMILES string of the molecule is O=C(CC(C(=O)O)c1c[nH]c2ccc(-c3ccccn3)cc12)c1ccc(Cl)cc1Cl. The van der Waals surface area contributed by atoms with Crippen LogP contribution in [0.1, 0.15) is 28.3 Å². The van der Waals surface area contributed by atoms with E-state index in [0.29, 0.717) is 10.6 Å². The number of Topliss-reactive ketones (excluding diaryl/α,β-unsaturated/α-hetero) is 1. The molecule has 0 fully saturated rings. The first-order valence-corrected chi connectivity index (χ1v) is 9.93. The van der Waals surface area contributed by atoms with Crippen LogP contribution in [0.25, 0.3) is 22.2 Å². The van der Waals surface area contributed by atoms with Gasteiger partial charge in [0.2, 0.25) is 0 Å². The Balaban J connectivity index is 1.72. The number of ketones is 1. The summed E-state index contributed by atoms with van der Waals surface area (Å²) in [7, 11) is 0. The normalized spacial score (nSPS) is 12.1. The van der Waals surface area contributed by atoms with Crippen molar-refractivity contribution < 1.29 is 14.7 Å². The van der Waals surface area contributed by atoms with Crippen molar-refractivity contribution in [2.75, 3.05) is 0 Å². The van der Waals surface area contributed by atoms with E-state index in [1.54, 1.807) is 18.5 Å². The lowest BCUT2D eigenvalue weighted by molar-refractivity contribution is -0.138. The lowest BCUT2D eigenvalue weighted by atomic mass is 9.90. The topological polar surface area (TPSA) is 83.0 Å². The van der Waals surface area contributed by atoms with Crippen LogP contribution in [-0.2, 0) is 4.79 Å². The van der Waals surface area contributed by atoms with Gasteiger partial charge in [-0.3, -0.25) is 14.6 Å². The Morgan fingerprint density at radius 2 is 1.90 bits per heavy atom. The molecule has 2 N–H and O–H groups in total. The van der Waals surface area contributed by atoms with Gasteiger partial charge in [-0.1, -0.05) is 35.3 Å². The second-order valence-corrected chi connectivity index (χ2v) is 7.71. The summed E-state index contributed by atoms with van der Waals surface area (Å²) in [5.41, 5.74) is 3.21. The van der Waals surface area contributed by atoms with Crippen LogP contribution >= 0.6 is 23.2 Å². The first kappa shape index (κ1) is 20.1. The summed E-state index contributed by atoms with van der Waals surface area (Å²) in [5.74, 6) is -2.48. The standard InChI is InChI=1S/C23H16Cl2N2O3/c24-14-5-6-15(19(25)10-14)22(28)11-17(23(29)30)18-12-27-21-7-4-13(9-16(18)21)20-3-1-2-8-26-20/h1-10,12,17,27H,11H2,(H,29,30). The molecule has 1 atom stereocenters. The molecule has 0 aliphatic heterocycles. The summed E-state index contributed by atoms with van der Waals surface area (Å²) in [4.78, 5) is 32.3. The molecule has 0 saturated heterocycles. The number of H-pyrrole nitrogens is 1. The number of hydrogen-bond donors (Lipinski definition) is 2. The summed E-state index contributed by atoms with van der Waals surface area (Å²) in [6.07, 6.45) is 3.12. The average Bonchev–Trinajstić information content (AvgIpc) is 3.15. The van der Waals surface area contributed by atoms with Gasteiger partial charge in [0.1, 0.15) is 0 Å². The number of carboxylic acids is 1. The van der Waals surface area contributed by atoms with Crippen molar-refractivity contribution in [2.45, 2.75) is 12.3 Å². The number of nitrogens with zero attached hydrogens (tertiary/aromatic N) is 1. The van der Waals surface area contributed by atoms with Gasteiger partial charge in [0.25, 0.3) is 0 Å². The van der Waals surface area contributed by atoms with E-state index in [2.05, 4.69) is 9.97 Å². The highest BCUT2D eigenvalue weighted by Gasteiger charge is 2.27. The van der Waals surface area contributed by atoms with Gasteiger partial charge >= 0.3 is 5.97 Å². The molecule has 150 valence electrons. The Hall–Kier alpha value is -3.15. The third-order valence-electron chi connectivity index (χ3n) is 4.97. The van der Waals surface area contributed by atoms with Gasteiger partial charge in [-0.25, -0.2) is 0 Å². The number of carbonyl (C=O) groups is 2. The van der Waals surface area contributed by atoms with Crippen LogP contribution in [0.5, 0.6) is 0 Å². The summed E-state index contributed by atoms with van der Waals surface area (Å²) in [5, 5.41) is 11.2. The van der Waals surface area contributed by atoms with Crippen molar-refractivity contribution in [3.05, 3.63) is 88.2 Å². The number of hydrogen-bond acceptors (Lipinski definition) is 3. The molecule has 4 rings (SSSR count). The summed E-state index contributed by atoms with van der Waals surface area (Å²) < 4.78 is 0. The fourth-order valence-electron chi connectivity index (χ4n) is 3.46. The van der Waals surface area contributed by atoms with Crippen molar-refractivity contribution in [2.24, 2.45) is 0 Å². The molecule has 2 aromatic carbocycles. The van der Waals surface area contributed by atoms with Crippen molar-refractivity contribution in [1.82, 2.24) is 9.97 Å². The number of halogens is 2. The van der Waals surface area contributed by atoms with E-state index >= 15 is 0 Å². The molecule has 0 aliphatic rings. The fourth-order valence-corrected chi connectivity index (χ4v) is 3.98. The second-order valence-electron chi connectivity index (χ2n) is 6.86. The van der Waals surface area contributed by atoms with Gasteiger partial charge in [0.15, 0.2) is 5.78 Å². The van der Waals surface area contributed by atoms with Crippen molar-refractivity contribution in [1.29, 1.82) is 0 Å². The lowest BCUT2D eigenvalue weighted by Crippen LogP contribution is -2.16. The Labute approximate surface area is 182 Å². The van der Waals surface area contributed by atoms with E-state index in [0.717, 1.165) is 22.2 Å². The molecule has 0 saturated carbocycles. The quantitative estimate of drug-likeness (QED) is 0.362. The van der Waals surface area contributed by atoms with Gasteiger partial charge in [0, 0.05) is 45.9 Å². The second kappa shape index (κ2) is 8.30. The van der Waals surface area contributed by atoms with Gasteiger partial charge in [0.05, 0.1) is 16.6 Å². The Bertz CT molecular complexity index is 1250. The predicted molar refractivity (Wildman–Crippen MR) is 117 cm³/mol. The Morgan fingerprint density at radius 3 is 2.60 bits per heavy atom. The maximum Gasteiger partial charge on any atom is 0.311 e. The van der Waals surface area contributed by atoms with E-state index in [4.69, 9.17) is 23.2 Å². The molecule has 1 unspecified atom stereocenters. The number of benzene rings is 2. The summed E-state index contributed by atoms with van der Waals surface area (Å²) in [6, 6.07) is 15.8. The summed E-state index contributed by atoms with van der Waals surface area (Å²) in [6.45, 7) is 0. The predicted octanol–water partition coefficient (Wildman–Crippen LogP) is 5.98. The molecule has 7 heteroatoms. The fraction of sp³-hybridized carbons (Fsp3) is 0.0870. The zero-order valence-corrected chi connectivity index (χ0v) is 17.1. The molecule has 0 amide bonds.